The minimum absolute atomic E-state index is 0.0225. The van der Waals surface area contributed by atoms with Crippen LogP contribution in [0, 0.1) is 20.8 Å². The molecular formula is C14H14O2. The smallest absolute Gasteiger partial charge is 0.196 e. The van der Waals surface area contributed by atoms with Crippen LogP contribution in [0.1, 0.15) is 33.0 Å². The van der Waals surface area contributed by atoms with Crippen molar-refractivity contribution in [1.29, 1.82) is 0 Å². The summed E-state index contributed by atoms with van der Waals surface area (Å²) in [7, 11) is 0. The van der Waals surface area contributed by atoms with E-state index in [9.17, 15) is 4.79 Å². The van der Waals surface area contributed by atoms with Gasteiger partial charge in [-0.25, -0.2) is 0 Å². The van der Waals surface area contributed by atoms with Crippen molar-refractivity contribution in [2.24, 2.45) is 0 Å². The molecule has 0 saturated carbocycles. The summed E-state index contributed by atoms with van der Waals surface area (Å²) in [5, 5.41) is 0. The molecule has 1 heterocycles. The lowest BCUT2D eigenvalue weighted by molar-refractivity contribution is 0.103. The van der Waals surface area contributed by atoms with Crippen LogP contribution in [0.5, 0.6) is 0 Å². The van der Waals surface area contributed by atoms with Crippen LogP contribution in [0.3, 0.4) is 0 Å². The Labute approximate surface area is 94.9 Å². The second-order valence-electron chi connectivity index (χ2n) is 4.02. The molecule has 0 spiro atoms. The van der Waals surface area contributed by atoms with Gasteiger partial charge in [-0.1, -0.05) is 29.8 Å². The van der Waals surface area contributed by atoms with Gasteiger partial charge in [-0.3, -0.25) is 4.79 Å². The predicted octanol–water partition coefficient (Wildman–Crippen LogP) is 3.44. The van der Waals surface area contributed by atoms with Crippen LogP contribution in [0.25, 0.3) is 0 Å². The second-order valence-corrected chi connectivity index (χ2v) is 4.02. The summed E-state index contributed by atoms with van der Waals surface area (Å²) in [6, 6.07) is 9.36. The van der Waals surface area contributed by atoms with Gasteiger partial charge >= 0.3 is 0 Å². The van der Waals surface area contributed by atoms with Crippen LogP contribution in [0.4, 0.5) is 0 Å². The third kappa shape index (κ3) is 1.91. The molecule has 2 nitrogen and oxygen atoms in total. The molecule has 2 rings (SSSR count). The molecular weight excluding hydrogens is 200 g/mol. The molecule has 0 radical (unpaired) electrons. The lowest BCUT2D eigenvalue weighted by Gasteiger charge is -1.99. The quantitative estimate of drug-likeness (QED) is 0.717. The van der Waals surface area contributed by atoms with E-state index in [1.54, 1.807) is 6.07 Å². The zero-order chi connectivity index (χ0) is 11.7. The van der Waals surface area contributed by atoms with E-state index in [1.165, 1.54) is 0 Å². The summed E-state index contributed by atoms with van der Waals surface area (Å²) in [4.78, 5) is 12.1. The first-order valence-corrected chi connectivity index (χ1v) is 5.26. The Hall–Kier alpha value is -1.83. The summed E-state index contributed by atoms with van der Waals surface area (Å²) < 4.78 is 5.36. The molecule has 16 heavy (non-hydrogen) atoms. The van der Waals surface area contributed by atoms with Crippen molar-refractivity contribution in [3.63, 3.8) is 0 Å². The lowest BCUT2D eigenvalue weighted by Crippen LogP contribution is -2.01. The summed E-state index contributed by atoms with van der Waals surface area (Å²) in [6.45, 7) is 5.66. The molecule has 1 aromatic heterocycles. The molecule has 82 valence electrons. The number of rotatable bonds is 2. The molecule has 1 aromatic carbocycles. The van der Waals surface area contributed by atoms with Crippen LogP contribution < -0.4 is 0 Å². The molecule has 0 saturated heterocycles. The van der Waals surface area contributed by atoms with Crippen molar-refractivity contribution in [1.82, 2.24) is 0 Å². The molecule has 0 aliphatic rings. The van der Waals surface area contributed by atoms with Gasteiger partial charge in [0.15, 0.2) is 5.78 Å². The Balaban J connectivity index is 2.39. The minimum Gasteiger partial charge on any atom is -0.466 e. The molecule has 0 amide bonds. The lowest BCUT2D eigenvalue weighted by atomic mass is 10.0. The molecule has 0 aliphatic carbocycles. The molecule has 0 atom stereocenters. The normalized spacial score (nSPS) is 10.4. The van der Waals surface area contributed by atoms with Gasteiger partial charge in [0.1, 0.15) is 11.5 Å². The van der Waals surface area contributed by atoms with Crippen molar-refractivity contribution < 1.29 is 9.21 Å². The number of carbonyl (C=O) groups excluding carboxylic acids is 1. The highest BCUT2D eigenvalue weighted by molar-refractivity contribution is 6.09. The Bertz CT molecular complexity index is 518. The summed E-state index contributed by atoms with van der Waals surface area (Å²) in [5.74, 6) is 1.48. The maximum absolute atomic E-state index is 12.1. The van der Waals surface area contributed by atoms with E-state index in [2.05, 4.69) is 0 Å². The molecule has 0 unspecified atom stereocenters. The number of hydrogen-bond donors (Lipinski definition) is 0. The average Bonchev–Trinajstić information content (AvgIpc) is 2.58. The summed E-state index contributed by atoms with van der Waals surface area (Å²) in [6.07, 6.45) is 0. The van der Waals surface area contributed by atoms with Crippen LogP contribution in [-0.4, -0.2) is 5.78 Å². The highest BCUT2D eigenvalue weighted by atomic mass is 16.3. The van der Waals surface area contributed by atoms with Crippen LogP contribution >= 0.6 is 0 Å². The van der Waals surface area contributed by atoms with Crippen molar-refractivity contribution in [3.05, 3.63) is 58.5 Å². The molecule has 0 aliphatic heterocycles. The maximum atomic E-state index is 12.1. The molecule has 2 aromatic rings. The number of carbonyl (C=O) groups is 1. The topological polar surface area (TPSA) is 30.2 Å². The standard InChI is InChI=1S/C14H14O2/c1-9-4-6-12(7-5-9)14(15)13-8-10(2)16-11(13)3/h4-8H,1-3H3. The van der Waals surface area contributed by atoms with Crippen LogP contribution in [0.15, 0.2) is 34.7 Å². The van der Waals surface area contributed by atoms with Crippen molar-refractivity contribution in [2.45, 2.75) is 20.8 Å². The third-order valence-corrected chi connectivity index (χ3v) is 2.60. The van der Waals surface area contributed by atoms with E-state index in [1.807, 2.05) is 45.0 Å². The highest BCUT2D eigenvalue weighted by Gasteiger charge is 2.14. The second kappa shape index (κ2) is 3.97. The van der Waals surface area contributed by atoms with Crippen molar-refractivity contribution in [3.8, 4) is 0 Å². The van der Waals surface area contributed by atoms with E-state index in [0.717, 1.165) is 11.3 Å². The maximum Gasteiger partial charge on any atom is 0.196 e. The molecule has 0 fully saturated rings. The Kier molecular flexibility index (Phi) is 2.65. The number of hydrogen-bond acceptors (Lipinski definition) is 2. The number of furan rings is 1. The van der Waals surface area contributed by atoms with E-state index >= 15 is 0 Å². The first-order chi connectivity index (χ1) is 7.58. The zero-order valence-corrected chi connectivity index (χ0v) is 9.70. The zero-order valence-electron chi connectivity index (χ0n) is 9.70. The van der Waals surface area contributed by atoms with E-state index in [-0.39, 0.29) is 5.78 Å². The minimum atomic E-state index is 0.0225. The molecule has 0 bridgehead atoms. The first kappa shape index (κ1) is 10.7. The van der Waals surface area contributed by atoms with Gasteiger partial charge in [0.25, 0.3) is 0 Å². The Morgan fingerprint density at radius 1 is 1.06 bits per heavy atom. The number of aryl methyl sites for hydroxylation is 3. The van der Waals surface area contributed by atoms with Gasteiger partial charge < -0.3 is 4.42 Å². The number of ketones is 1. The molecule has 0 N–H and O–H groups in total. The van der Waals surface area contributed by atoms with Gasteiger partial charge in [-0.15, -0.1) is 0 Å². The fourth-order valence-corrected chi connectivity index (χ4v) is 1.72. The largest absolute Gasteiger partial charge is 0.466 e. The van der Waals surface area contributed by atoms with E-state index < -0.39 is 0 Å². The van der Waals surface area contributed by atoms with Gasteiger partial charge in [-0.05, 0) is 26.8 Å². The summed E-state index contributed by atoms with van der Waals surface area (Å²) >= 11 is 0. The van der Waals surface area contributed by atoms with E-state index in [0.29, 0.717) is 16.9 Å². The Morgan fingerprint density at radius 3 is 2.19 bits per heavy atom. The van der Waals surface area contributed by atoms with Gasteiger partial charge in [0.2, 0.25) is 0 Å². The third-order valence-electron chi connectivity index (χ3n) is 2.60. The average molecular weight is 214 g/mol. The monoisotopic (exact) mass is 214 g/mol. The van der Waals surface area contributed by atoms with Gasteiger partial charge in [0, 0.05) is 5.56 Å². The van der Waals surface area contributed by atoms with E-state index in [4.69, 9.17) is 4.42 Å². The first-order valence-electron chi connectivity index (χ1n) is 5.26. The van der Waals surface area contributed by atoms with Crippen molar-refractivity contribution >= 4 is 5.78 Å². The predicted molar refractivity (Wildman–Crippen MR) is 62.8 cm³/mol. The Morgan fingerprint density at radius 2 is 1.69 bits per heavy atom. The highest BCUT2D eigenvalue weighted by Crippen LogP contribution is 2.18. The fourth-order valence-electron chi connectivity index (χ4n) is 1.72. The van der Waals surface area contributed by atoms with Gasteiger partial charge in [0.05, 0.1) is 5.56 Å². The number of benzene rings is 1. The van der Waals surface area contributed by atoms with Crippen LogP contribution in [-0.2, 0) is 0 Å². The fraction of sp³-hybridized carbons (Fsp3) is 0.214. The van der Waals surface area contributed by atoms with Gasteiger partial charge in [-0.2, -0.15) is 0 Å². The van der Waals surface area contributed by atoms with Crippen molar-refractivity contribution in [2.75, 3.05) is 0 Å². The SMILES string of the molecule is Cc1ccc(C(=O)c2cc(C)oc2C)cc1. The molecule has 2 heteroatoms. The van der Waals surface area contributed by atoms with Crippen LogP contribution in [0.2, 0.25) is 0 Å². The summed E-state index contributed by atoms with van der Waals surface area (Å²) in [5.41, 5.74) is 2.51.